The fourth-order valence-electron chi connectivity index (χ4n) is 2.04. The van der Waals surface area contributed by atoms with E-state index in [9.17, 15) is 13.2 Å². The number of rotatable bonds is 6. The van der Waals surface area contributed by atoms with Crippen molar-refractivity contribution in [1.29, 1.82) is 0 Å². The third-order valence-electron chi connectivity index (χ3n) is 3.44. The Balaban J connectivity index is 2.23. The van der Waals surface area contributed by atoms with Gasteiger partial charge in [0, 0.05) is 6.54 Å². The number of aromatic nitrogens is 2. The average Bonchev–Trinajstić information content (AvgIpc) is 2.51. The van der Waals surface area contributed by atoms with E-state index in [1.807, 2.05) is 0 Å². The summed E-state index contributed by atoms with van der Waals surface area (Å²) in [4.78, 5) is 8.04. The Morgan fingerprint density at radius 3 is 2.52 bits per heavy atom. The van der Waals surface area contributed by atoms with Crippen LogP contribution >= 0.6 is 11.6 Å². The van der Waals surface area contributed by atoms with E-state index < -0.39 is 11.7 Å². The van der Waals surface area contributed by atoms with E-state index in [2.05, 4.69) is 34.4 Å². The van der Waals surface area contributed by atoms with E-state index in [1.165, 1.54) is 12.4 Å². The van der Waals surface area contributed by atoms with Crippen molar-refractivity contribution >= 4 is 34.6 Å². The summed E-state index contributed by atoms with van der Waals surface area (Å²) in [5.41, 5.74) is 5.46. The van der Waals surface area contributed by atoms with Gasteiger partial charge in [-0.1, -0.05) is 25.4 Å². The zero-order valence-electron chi connectivity index (χ0n) is 13.8. The Kier molecular flexibility index (Phi) is 5.94. The molecule has 0 radical (unpaired) electrons. The maximum atomic E-state index is 12.9. The molecule has 1 aromatic carbocycles. The van der Waals surface area contributed by atoms with Gasteiger partial charge in [-0.2, -0.15) is 13.2 Å². The molecule has 25 heavy (non-hydrogen) atoms. The lowest BCUT2D eigenvalue weighted by Crippen LogP contribution is -2.11. The molecular weight excluding hydrogens is 355 g/mol. The van der Waals surface area contributed by atoms with Crippen LogP contribution < -0.4 is 16.4 Å². The van der Waals surface area contributed by atoms with Gasteiger partial charge < -0.3 is 16.4 Å². The summed E-state index contributed by atoms with van der Waals surface area (Å²) in [6.45, 7) is 4.85. The summed E-state index contributed by atoms with van der Waals surface area (Å²) in [5.74, 6) is 1.11. The van der Waals surface area contributed by atoms with Gasteiger partial charge in [0.2, 0.25) is 0 Å². The first-order valence-electron chi connectivity index (χ1n) is 7.66. The molecular formula is C16H19ClF3N5. The SMILES string of the molecule is CC(C)CCNc1ncnc(Nc2cc(C(F)(F)F)ccc2Cl)c1N. The molecule has 0 unspecified atom stereocenters. The first-order chi connectivity index (χ1) is 11.7. The average molecular weight is 374 g/mol. The predicted octanol–water partition coefficient (Wildman–Crippen LogP) is 4.93. The second-order valence-electron chi connectivity index (χ2n) is 5.91. The van der Waals surface area contributed by atoms with E-state index in [1.54, 1.807) is 0 Å². The molecule has 136 valence electrons. The van der Waals surface area contributed by atoms with Gasteiger partial charge in [-0.05, 0) is 30.5 Å². The molecule has 0 spiro atoms. The molecule has 0 aliphatic rings. The number of benzene rings is 1. The Labute approximate surface area is 148 Å². The van der Waals surface area contributed by atoms with Gasteiger partial charge in [0.05, 0.1) is 16.3 Å². The highest BCUT2D eigenvalue weighted by Gasteiger charge is 2.31. The quantitative estimate of drug-likeness (QED) is 0.669. The normalized spacial score (nSPS) is 11.6. The highest BCUT2D eigenvalue weighted by atomic mass is 35.5. The molecule has 0 saturated heterocycles. The van der Waals surface area contributed by atoms with Crippen LogP contribution in [0, 0.1) is 5.92 Å². The van der Waals surface area contributed by atoms with Crippen LogP contribution in [0.4, 0.5) is 36.2 Å². The number of halogens is 4. The minimum atomic E-state index is -4.47. The third kappa shape index (κ3) is 5.12. The smallest absolute Gasteiger partial charge is 0.393 e. The summed E-state index contributed by atoms with van der Waals surface area (Å²) in [6.07, 6.45) is -2.27. The topological polar surface area (TPSA) is 75.9 Å². The number of alkyl halides is 3. The maximum Gasteiger partial charge on any atom is 0.416 e. The molecule has 0 atom stereocenters. The van der Waals surface area contributed by atoms with E-state index in [-0.39, 0.29) is 22.2 Å². The summed E-state index contributed by atoms with van der Waals surface area (Å²) < 4.78 is 38.6. The number of hydrogen-bond acceptors (Lipinski definition) is 5. The van der Waals surface area contributed by atoms with Crippen molar-refractivity contribution in [1.82, 2.24) is 9.97 Å². The Bertz CT molecular complexity index is 734. The van der Waals surface area contributed by atoms with Crippen LogP contribution in [-0.4, -0.2) is 16.5 Å². The Morgan fingerprint density at radius 1 is 1.20 bits per heavy atom. The standard InChI is InChI=1S/C16H19ClF3N5/c1-9(2)5-6-22-14-13(21)15(24-8-23-14)25-12-7-10(16(18,19)20)3-4-11(12)17/h3-4,7-9H,5-6,21H2,1-2H3,(H2,22,23,24,25). The summed E-state index contributed by atoms with van der Waals surface area (Å²) in [5, 5.41) is 5.96. The van der Waals surface area contributed by atoms with Gasteiger partial charge >= 0.3 is 6.18 Å². The molecule has 9 heteroatoms. The van der Waals surface area contributed by atoms with Crippen LogP contribution in [0.25, 0.3) is 0 Å². The summed E-state index contributed by atoms with van der Waals surface area (Å²) in [7, 11) is 0. The van der Waals surface area contributed by atoms with Crippen LogP contribution in [0.2, 0.25) is 5.02 Å². The van der Waals surface area contributed by atoms with Crippen molar-refractivity contribution in [2.75, 3.05) is 22.9 Å². The zero-order valence-corrected chi connectivity index (χ0v) is 14.5. The molecule has 0 aliphatic carbocycles. The third-order valence-corrected chi connectivity index (χ3v) is 3.77. The van der Waals surface area contributed by atoms with Gasteiger partial charge in [-0.25, -0.2) is 9.97 Å². The monoisotopic (exact) mass is 373 g/mol. The molecule has 2 rings (SSSR count). The van der Waals surface area contributed by atoms with Gasteiger partial charge in [0.1, 0.15) is 12.0 Å². The number of nitrogens with one attached hydrogen (secondary N) is 2. The minimum Gasteiger partial charge on any atom is -0.393 e. The van der Waals surface area contributed by atoms with Gasteiger partial charge in [0.15, 0.2) is 11.6 Å². The minimum absolute atomic E-state index is 0.0648. The van der Waals surface area contributed by atoms with Crippen LogP contribution in [0.5, 0.6) is 0 Å². The Hall–Kier alpha value is -2.22. The lowest BCUT2D eigenvalue weighted by atomic mass is 10.1. The maximum absolute atomic E-state index is 12.9. The molecule has 1 aromatic heterocycles. The molecule has 0 aliphatic heterocycles. The van der Waals surface area contributed by atoms with Gasteiger partial charge in [-0.3, -0.25) is 0 Å². The predicted molar refractivity (Wildman–Crippen MR) is 94.1 cm³/mol. The zero-order chi connectivity index (χ0) is 18.6. The van der Waals surface area contributed by atoms with E-state index >= 15 is 0 Å². The van der Waals surface area contributed by atoms with E-state index in [4.69, 9.17) is 17.3 Å². The fourth-order valence-corrected chi connectivity index (χ4v) is 2.21. The molecule has 0 saturated carbocycles. The van der Waals surface area contributed by atoms with Crippen LogP contribution in [0.15, 0.2) is 24.5 Å². The van der Waals surface area contributed by atoms with Crippen LogP contribution in [-0.2, 0) is 6.18 Å². The first-order valence-corrected chi connectivity index (χ1v) is 8.04. The second kappa shape index (κ2) is 7.77. The molecule has 1 heterocycles. The molecule has 0 bridgehead atoms. The van der Waals surface area contributed by atoms with Gasteiger partial charge in [-0.15, -0.1) is 0 Å². The van der Waals surface area contributed by atoms with Crippen LogP contribution in [0.1, 0.15) is 25.8 Å². The first kappa shape index (κ1) is 19.1. The van der Waals surface area contributed by atoms with Crippen molar-refractivity contribution in [2.24, 2.45) is 5.92 Å². The lowest BCUT2D eigenvalue weighted by molar-refractivity contribution is -0.137. The summed E-state index contributed by atoms with van der Waals surface area (Å²) >= 11 is 5.98. The molecule has 0 amide bonds. The highest BCUT2D eigenvalue weighted by molar-refractivity contribution is 6.33. The fraction of sp³-hybridized carbons (Fsp3) is 0.375. The Morgan fingerprint density at radius 2 is 1.88 bits per heavy atom. The van der Waals surface area contributed by atoms with Crippen molar-refractivity contribution in [2.45, 2.75) is 26.4 Å². The van der Waals surface area contributed by atoms with E-state index in [0.29, 0.717) is 18.3 Å². The number of anilines is 4. The van der Waals surface area contributed by atoms with Gasteiger partial charge in [0.25, 0.3) is 0 Å². The number of nitrogens with zero attached hydrogens (tertiary/aromatic N) is 2. The van der Waals surface area contributed by atoms with Crippen LogP contribution in [0.3, 0.4) is 0 Å². The van der Waals surface area contributed by atoms with Crippen molar-refractivity contribution in [3.63, 3.8) is 0 Å². The molecule has 5 nitrogen and oxygen atoms in total. The lowest BCUT2D eigenvalue weighted by Gasteiger charge is -2.15. The number of hydrogen-bond donors (Lipinski definition) is 3. The number of nitrogens with two attached hydrogens (primary N) is 1. The molecule has 2 aromatic rings. The molecule has 4 N–H and O–H groups in total. The number of nitrogen functional groups attached to an aromatic ring is 1. The van der Waals surface area contributed by atoms with E-state index in [0.717, 1.165) is 18.6 Å². The molecule has 0 fully saturated rings. The second-order valence-corrected chi connectivity index (χ2v) is 6.32. The van der Waals surface area contributed by atoms with Crippen molar-refractivity contribution < 1.29 is 13.2 Å². The highest BCUT2D eigenvalue weighted by Crippen LogP contribution is 2.36. The largest absolute Gasteiger partial charge is 0.416 e. The summed E-state index contributed by atoms with van der Waals surface area (Å²) in [6, 6.07) is 3.00. The van der Waals surface area contributed by atoms with Crippen molar-refractivity contribution in [3.8, 4) is 0 Å². The van der Waals surface area contributed by atoms with Crippen molar-refractivity contribution in [3.05, 3.63) is 35.1 Å².